The van der Waals surface area contributed by atoms with Gasteiger partial charge < -0.3 is 20.4 Å². The van der Waals surface area contributed by atoms with Crippen molar-refractivity contribution in [3.63, 3.8) is 0 Å². The van der Waals surface area contributed by atoms with Crippen LogP contribution in [0.15, 0.2) is 0 Å². The molecule has 4 N–H and O–H groups in total. The Balaban J connectivity index is 2.80. The van der Waals surface area contributed by atoms with Crippen LogP contribution >= 0.6 is 0 Å². The van der Waals surface area contributed by atoms with Gasteiger partial charge in [-0.1, -0.05) is 0 Å². The van der Waals surface area contributed by atoms with Crippen LogP contribution in [0.25, 0.3) is 0 Å². The maximum absolute atomic E-state index is 10.5. The highest BCUT2D eigenvalue weighted by Gasteiger charge is 2.46. The second kappa shape index (κ2) is 2.89. The Morgan fingerprint density at radius 3 is 2.50 bits per heavy atom. The largest absolute Gasteiger partial charge is 0.465 e. The summed E-state index contributed by atoms with van der Waals surface area (Å²) in [5, 5.41) is 35.5. The van der Waals surface area contributed by atoms with Crippen LogP contribution in [0.5, 0.6) is 0 Å². The minimum atomic E-state index is -2.32. The fraction of sp³-hybridized carbons (Fsp3) is 0.833. The highest BCUT2D eigenvalue weighted by atomic mass is 16.5. The smallest absolute Gasteiger partial charge is 0.411 e. The van der Waals surface area contributed by atoms with Crippen molar-refractivity contribution in [2.45, 2.75) is 24.8 Å². The van der Waals surface area contributed by atoms with Crippen molar-refractivity contribution < 1.29 is 25.2 Å². The lowest BCUT2D eigenvalue weighted by molar-refractivity contribution is -0.237. The molecular formula is C6H11NO5. The first-order chi connectivity index (χ1) is 5.49. The summed E-state index contributed by atoms with van der Waals surface area (Å²) in [6.07, 6.45) is -1.24. The lowest BCUT2D eigenvalue weighted by atomic mass is 10.2. The molecule has 0 radical (unpaired) electrons. The second-order valence-electron chi connectivity index (χ2n) is 2.80. The van der Waals surface area contributed by atoms with Gasteiger partial charge in [-0.05, 0) is 6.42 Å². The van der Waals surface area contributed by atoms with Crippen molar-refractivity contribution in [2.75, 3.05) is 6.61 Å². The molecule has 70 valence electrons. The van der Waals surface area contributed by atoms with E-state index in [1.807, 2.05) is 0 Å². The number of carbonyl (C=O) groups is 1. The van der Waals surface area contributed by atoms with Gasteiger partial charge >= 0.3 is 6.09 Å². The predicted octanol–water partition coefficient (Wildman–Crippen LogP) is -1.24. The number of hydrogen-bond acceptors (Lipinski definition) is 4. The molecule has 1 heterocycles. The lowest BCUT2D eigenvalue weighted by Crippen LogP contribution is -2.51. The van der Waals surface area contributed by atoms with Crippen LogP contribution in [0.3, 0.4) is 0 Å². The molecule has 6 heteroatoms. The Hall–Kier alpha value is -0.850. The third-order valence-corrected chi connectivity index (χ3v) is 1.98. The van der Waals surface area contributed by atoms with Gasteiger partial charge in [0.25, 0.3) is 5.91 Å². The summed E-state index contributed by atoms with van der Waals surface area (Å²) in [5.74, 6) is -2.32. The van der Waals surface area contributed by atoms with E-state index in [-0.39, 0.29) is 12.8 Å². The zero-order valence-corrected chi connectivity index (χ0v) is 6.34. The Morgan fingerprint density at radius 1 is 1.58 bits per heavy atom. The molecule has 1 atom stereocenters. The number of aliphatic hydroxyl groups is 3. The quantitative estimate of drug-likeness (QED) is 0.375. The van der Waals surface area contributed by atoms with Crippen LogP contribution in [0, 0.1) is 0 Å². The summed E-state index contributed by atoms with van der Waals surface area (Å²) in [7, 11) is 0. The molecule has 6 nitrogen and oxygen atoms in total. The number of amides is 1. The van der Waals surface area contributed by atoms with Crippen LogP contribution in [0.1, 0.15) is 12.8 Å². The predicted molar refractivity (Wildman–Crippen MR) is 37.1 cm³/mol. The number of likely N-dealkylation sites (tertiary alicyclic amines) is 1. The monoisotopic (exact) mass is 177 g/mol. The SMILES string of the molecule is O=C(O)N1C(CO)CCC1(O)O. The van der Waals surface area contributed by atoms with Gasteiger partial charge in [0, 0.05) is 6.42 Å². The van der Waals surface area contributed by atoms with Gasteiger partial charge in [0.1, 0.15) is 0 Å². The normalized spacial score (nSPS) is 27.6. The molecule has 0 aromatic rings. The molecule has 0 aromatic heterocycles. The maximum atomic E-state index is 10.5. The molecule has 0 aliphatic carbocycles. The Kier molecular flexibility index (Phi) is 2.22. The Labute approximate surface area is 68.7 Å². The molecule has 1 saturated heterocycles. The fourth-order valence-corrected chi connectivity index (χ4v) is 1.38. The molecule has 1 rings (SSSR count). The average molecular weight is 177 g/mol. The van der Waals surface area contributed by atoms with Crippen molar-refractivity contribution in [1.82, 2.24) is 4.90 Å². The fourth-order valence-electron chi connectivity index (χ4n) is 1.38. The first-order valence-corrected chi connectivity index (χ1v) is 3.57. The van der Waals surface area contributed by atoms with Gasteiger partial charge in [-0.15, -0.1) is 0 Å². The summed E-state index contributed by atoms with van der Waals surface area (Å²) in [5.41, 5.74) is 0. The van der Waals surface area contributed by atoms with E-state index >= 15 is 0 Å². The van der Waals surface area contributed by atoms with E-state index in [1.165, 1.54) is 0 Å². The molecule has 0 bridgehead atoms. The summed E-state index contributed by atoms with van der Waals surface area (Å²) in [4.78, 5) is 10.9. The van der Waals surface area contributed by atoms with Gasteiger partial charge in [-0.3, -0.25) is 4.90 Å². The summed E-state index contributed by atoms with van der Waals surface area (Å²) in [6.45, 7) is -0.394. The molecule has 0 saturated carbocycles. The van der Waals surface area contributed by atoms with E-state index in [4.69, 9.17) is 20.4 Å². The van der Waals surface area contributed by atoms with E-state index in [0.717, 1.165) is 0 Å². The van der Waals surface area contributed by atoms with Crippen LogP contribution in [-0.4, -0.2) is 50.0 Å². The van der Waals surface area contributed by atoms with E-state index in [2.05, 4.69) is 0 Å². The number of aliphatic hydroxyl groups excluding tert-OH is 1. The zero-order valence-electron chi connectivity index (χ0n) is 6.34. The Bertz CT molecular complexity index is 192. The Morgan fingerprint density at radius 2 is 2.17 bits per heavy atom. The molecule has 1 amide bonds. The number of nitrogens with zero attached hydrogens (tertiary/aromatic N) is 1. The first kappa shape index (κ1) is 9.24. The van der Waals surface area contributed by atoms with Gasteiger partial charge in [-0.2, -0.15) is 0 Å². The number of hydrogen-bond donors (Lipinski definition) is 4. The van der Waals surface area contributed by atoms with Gasteiger partial charge in [0.2, 0.25) is 0 Å². The third kappa shape index (κ3) is 1.36. The number of rotatable bonds is 1. The lowest BCUT2D eigenvalue weighted by Gasteiger charge is -2.28. The van der Waals surface area contributed by atoms with Crippen LogP contribution in [0.4, 0.5) is 4.79 Å². The molecule has 1 unspecified atom stereocenters. The van der Waals surface area contributed by atoms with Gasteiger partial charge in [0.15, 0.2) is 0 Å². The highest BCUT2D eigenvalue weighted by molar-refractivity contribution is 5.66. The van der Waals surface area contributed by atoms with E-state index in [1.54, 1.807) is 0 Å². The highest BCUT2D eigenvalue weighted by Crippen LogP contribution is 2.29. The van der Waals surface area contributed by atoms with Crippen molar-refractivity contribution >= 4 is 6.09 Å². The van der Waals surface area contributed by atoms with Crippen LogP contribution < -0.4 is 0 Å². The van der Waals surface area contributed by atoms with Gasteiger partial charge in [0.05, 0.1) is 12.6 Å². The molecule has 1 aliphatic heterocycles. The van der Waals surface area contributed by atoms with Crippen LogP contribution in [0.2, 0.25) is 0 Å². The summed E-state index contributed by atoms with van der Waals surface area (Å²) < 4.78 is 0. The minimum Gasteiger partial charge on any atom is -0.465 e. The molecule has 0 aromatic carbocycles. The third-order valence-electron chi connectivity index (χ3n) is 1.98. The minimum absolute atomic E-state index is 0.0650. The molecule has 12 heavy (non-hydrogen) atoms. The van der Waals surface area contributed by atoms with Crippen molar-refractivity contribution in [3.8, 4) is 0 Å². The van der Waals surface area contributed by atoms with Crippen molar-refractivity contribution in [1.29, 1.82) is 0 Å². The van der Waals surface area contributed by atoms with E-state index in [9.17, 15) is 4.79 Å². The number of carboxylic acid groups (broad SMARTS) is 1. The molecular weight excluding hydrogens is 166 g/mol. The molecule has 1 aliphatic rings. The molecule has 1 fully saturated rings. The van der Waals surface area contributed by atoms with E-state index in [0.29, 0.717) is 4.90 Å². The maximum Gasteiger partial charge on any atom is 0.411 e. The van der Waals surface area contributed by atoms with Crippen molar-refractivity contribution in [3.05, 3.63) is 0 Å². The zero-order chi connectivity index (χ0) is 9.35. The summed E-state index contributed by atoms with van der Waals surface area (Å²) in [6, 6.07) is -0.711. The van der Waals surface area contributed by atoms with Gasteiger partial charge in [-0.25, -0.2) is 4.79 Å². The first-order valence-electron chi connectivity index (χ1n) is 3.57. The standard InChI is InChI=1S/C6H11NO5/c8-3-4-1-2-6(11,12)7(4)5(9)10/h4,8,11-12H,1-3H2,(H,9,10). The second-order valence-corrected chi connectivity index (χ2v) is 2.80. The average Bonchev–Trinajstić information content (AvgIpc) is 2.24. The summed E-state index contributed by atoms with van der Waals surface area (Å²) >= 11 is 0. The van der Waals surface area contributed by atoms with E-state index < -0.39 is 24.7 Å². The van der Waals surface area contributed by atoms with Crippen molar-refractivity contribution in [2.24, 2.45) is 0 Å². The topological polar surface area (TPSA) is 101 Å². The molecule has 0 spiro atoms. The van der Waals surface area contributed by atoms with Crippen LogP contribution in [-0.2, 0) is 0 Å².